The van der Waals surface area contributed by atoms with Gasteiger partial charge in [0.1, 0.15) is 0 Å². The topological polar surface area (TPSA) is 87.6 Å². The Morgan fingerprint density at radius 3 is 2.20 bits per heavy atom. The van der Waals surface area contributed by atoms with E-state index in [0.717, 1.165) is 38.5 Å². The lowest BCUT2D eigenvalue weighted by atomic mass is 9.54. The van der Waals surface area contributed by atoms with Crippen molar-refractivity contribution in [1.82, 2.24) is 0 Å². The molecule has 5 heteroatoms. The van der Waals surface area contributed by atoms with Crippen LogP contribution in [0.4, 0.5) is 0 Å². The quantitative estimate of drug-likeness (QED) is 0.470. The number of hydrogen-bond acceptors (Lipinski definition) is 5. The van der Waals surface area contributed by atoms with Gasteiger partial charge in [0.2, 0.25) is 0 Å². The lowest BCUT2D eigenvalue weighted by molar-refractivity contribution is -0.164. The predicted molar refractivity (Wildman–Crippen MR) is 123 cm³/mol. The molecule has 0 amide bonds. The Balaban J connectivity index is 2.21. The van der Waals surface area contributed by atoms with Gasteiger partial charge in [0.25, 0.3) is 0 Å². The molecule has 0 bridgehead atoms. The van der Waals surface area contributed by atoms with Crippen molar-refractivity contribution in [2.24, 2.45) is 39.0 Å². The van der Waals surface area contributed by atoms with Crippen LogP contribution in [-0.2, 0) is 14.3 Å². The van der Waals surface area contributed by atoms with Crippen LogP contribution in [0.3, 0.4) is 0 Å². The molecule has 0 aliphatic heterocycles. The molecule has 2 rings (SSSR count). The van der Waals surface area contributed by atoms with Gasteiger partial charge in [0.05, 0.1) is 25.4 Å². The Bertz CT molecular complexity index is 605. The maximum Gasteiger partial charge on any atom is 0.155 e. The minimum atomic E-state index is -0.362. The summed E-state index contributed by atoms with van der Waals surface area (Å²) in [4.78, 5) is 12.7. The van der Waals surface area contributed by atoms with Crippen molar-refractivity contribution in [2.45, 2.75) is 105 Å². The molecule has 2 aliphatic carbocycles. The monoisotopic (exact) mass is 424 g/mol. The SMILES string of the molecule is COCCOC1C(C)(CCC2(C)CCC(C)(C)C(=O)C(N)C2)CC(N)C(C)C1(C)C. The summed E-state index contributed by atoms with van der Waals surface area (Å²) in [5.74, 6) is 0.603. The third kappa shape index (κ3) is 5.28. The van der Waals surface area contributed by atoms with E-state index in [4.69, 9.17) is 20.9 Å². The van der Waals surface area contributed by atoms with Crippen LogP contribution in [0.25, 0.3) is 0 Å². The third-order valence-corrected chi connectivity index (χ3v) is 8.77. The van der Waals surface area contributed by atoms with E-state index in [1.165, 1.54) is 0 Å². The van der Waals surface area contributed by atoms with Gasteiger partial charge in [-0.15, -0.1) is 0 Å². The zero-order valence-electron chi connectivity index (χ0n) is 20.8. The summed E-state index contributed by atoms with van der Waals surface area (Å²) in [5, 5.41) is 0. The second-order valence-electron chi connectivity index (χ2n) is 12.2. The first-order chi connectivity index (χ1) is 13.7. The van der Waals surface area contributed by atoms with Gasteiger partial charge in [-0.3, -0.25) is 4.79 Å². The number of carbonyl (C=O) groups excluding carboxylic acids is 1. The van der Waals surface area contributed by atoms with Crippen LogP contribution in [0.2, 0.25) is 0 Å². The summed E-state index contributed by atoms with van der Waals surface area (Å²) in [6, 6.07) is -0.198. The van der Waals surface area contributed by atoms with Gasteiger partial charge in [0, 0.05) is 18.6 Å². The van der Waals surface area contributed by atoms with Gasteiger partial charge in [0.15, 0.2) is 5.78 Å². The highest BCUT2D eigenvalue weighted by atomic mass is 16.5. The highest BCUT2D eigenvalue weighted by molar-refractivity contribution is 5.89. The number of methoxy groups -OCH3 is 1. The van der Waals surface area contributed by atoms with Crippen LogP contribution in [0.5, 0.6) is 0 Å². The van der Waals surface area contributed by atoms with Crippen molar-refractivity contribution in [2.75, 3.05) is 20.3 Å². The maximum absolute atomic E-state index is 12.7. The lowest BCUT2D eigenvalue weighted by Crippen LogP contribution is -2.59. The van der Waals surface area contributed by atoms with E-state index in [-0.39, 0.29) is 45.6 Å². The Morgan fingerprint density at radius 2 is 1.60 bits per heavy atom. The van der Waals surface area contributed by atoms with Gasteiger partial charge < -0.3 is 20.9 Å². The average Bonchev–Trinajstić information content (AvgIpc) is 2.72. The van der Waals surface area contributed by atoms with Crippen LogP contribution >= 0.6 is 0 Å². The van der Waals surface area contributed by atoms with Crippen LogP contribution in [0.15, 0.2) is 0 Å². The Hall–Kier alpha value is -0.490. The molecular weight excluding hydrogens is 376 g/mol. The molecule has 2 saturated carbocycles. The van der Waals surface area contributed by atoms with Crippen LogP contribution in [-0.4, -0.2) is 44.3 Å². The van der Waals surface area contributed by atoms with E-state index in [2.05, 4.69) is 34.6 Å². The van der Waals surface area contributed by atoms with Crippen molar-refractivity contribution in [1.29, 1.82) is 0 Å². The van der Waals surface area contributed by atoms with Gasteiger partial charge in [-0.2, -0.15) is 0 Å². The standard InChI is InChI=1S/C25H48N2O3/c1-17-18(26)16-25(7,21(23(17,4)5)30-14-13-29-8)12-11-24(6)10-9-22(2,3)20(28)19(27)15-24/h17-19,21H,9-16,26-27H2,1-8H3. The molecule has 4 N–H and O–H groups in total. The molecule has 0 aromatic rings. The van der Waals surface area contributed by atoms with E-state index < -0.39 is 0 Å². The van der Waals surface area contributed by atoms with Crippen LogP contribution < -0.4 is 11.5 Å². The van der Waals surface area contributed by atoms with Gasteiger partial charge in [-0.1, -0.05) is 48.5 Å². The molecule has 0 aromatic heterocycles. The molecule has 6 atom stereocenters. The first kappa shape index (κ1) is 25.8. The second-order valence-corrected chi connectivity index (χ2v) is 12.2. The molecule has 176 valence electrons. The first-order valence-corrected chi connectivity index (χ1v) is 11.8. The molecule has 0 spiro atoms. The molecule has 2 aliphatic rings. The number of Topliss-reactive ketones (excluding diaryl/α,β-unsaturated/α-hetero) is 1. The number of hydrogen-bond donors (Lipinski definition) is 2. The molecule has 0 heterocycles. The third-order valence-electron chi connectivity index (χ3n) is 8.77. The van der Waals surface area contributed by atoms with Crippen LogP contribution in [0.1, 0.15) is 87.0 Å². The normalized spacial score (nSPS) is 41.5. The smallest absolute Gasteiger partial charge is 0.155 e. The van der Waals surface area contributed by atoms with E-state index in [1.54, 1.807) is 7.11 Å². The molecule has 0 aromatic carbocycles. The molecule has 2 fully saturated rings. The Morgan fingerprint density at radius 1 is 0.967 bits per heavy atom. The Labute approximate surface area is 185 Å². The number of ether oxygens (including phenoxy) is 2. The molecule has 30 heavy (non-hydrogen) atoms. The summed E-state index contributed by atoms with van der Waals surface area (Å²) < 4.78 is 11.7. The van der Waals surface area contributed by atoms with Crippen molar-refractivity contribution < 1.29 is 14.3 Å². The fourth-order valence-electron chi connectivity index (χ4n) is 6.19. The van der Waals surface area contributed by atoms with E-state index in [1.807, 2.05) is 13.8 Å². The second kappa shape index (κ2) is 9.17. The summed E-state index contributed by atoms with van der Waals surface area (Å²) in [6.45, 7) is 16.8. The molecule has 5 nitrogen and oxygen atoms in total. The van der Waals surface area contributed by atoms with Crippen molar-refractivity contribution in [3.05, 3.63) is 0 Å². The fraction of sp³-hybridized carbons (Fsp3) is 0.960. The summed E-state index contributed by atoms with van der Waals surface area (Å²) in [7, 11) is 1.71. The number of carbonyl (C=O) groups is 1. The van der Waals surface area contributed by atoms with Gasteiger partial charge >= 0.3 is 0 Å². The minimum absolute atomic E-state index is 0.0118. The number of nitrogens with two attached hydrogens (primary N) is 2. The average molecular weight is 425 g/mol. The minimum Gasteiger partial charge on any atom is -0.382 e. The zero-order chi connectivity index (χ0) is 23.0. The number of ketones is 1. The Kier molecular flexibility index (Phi) is 7.88. The highest BCUT2D eigenvalue weighted by Crippen LogP contribution is 2.54. The lowest BCUT2D eigenvalue weighted by Gasteiger charge is -2.56. The van der Waals surface area contributed by atoms with Crippen molar-refractivity contribution >= 4 is 5.78 Å². The van der Waals surface area contributed by atoms with Crippen LogP contribution in [0, 0.1) is 27.6 Å². The molecule has 0 saturated heterocycles. The maximum atomic E-state index is 12.7. The largest absolute Gasteiger partial charge is 0.382 e. The fourth-order valence-corrected chi connectivity index (χ4v) is 6.19. The van der Waals surface area contributed by atoms with Crippen molar-refractivity contribution in [3.63, 3.8) is 0 Å². The highest BCUT2D eigenvalue weighted by Gasteiger charge is 2.54. The first-order valence-electron chi connectivity index (χ1n) is 11.8. The summed E-state index contributed by atoms with van der Waals surface area (Å²) in [6.07, 6.45) is 5.87. The van der Waals surface area contributed by atoms with E-state index >= 15 is 0 Å². The molecule has 6 unspecified atom stereocenters. The number of rotatable bonds is 7. The van der Waals surface area contributed by atoms with E-state index in [9.17, 15) is 4.79 Å². The van der Waals surface area contributed by atoms with Crippen molar-refractivity contribution in [3.8, 4) is 0 Å². The molecule has 0 radical (unpaired) electrons. The zero-order valence-corrected chi connectivity index (χ0v) is 20.8. The van der Waals surface area contributed by atoms with Gasteiger partial charge in [-0.25, -0.2) is 0 Å². The predicted octanol–water partition coefficient (Wildman–Crippen LogP) is 4.31. The van der Waals surface area contributed by atoms with E-state index in [0.29, 0.717) is 19.1 Å². The summed E-state index contributed by atoms with van der Waals surface area (Å²) >= 11 is 0. The van der Waals surface area contributed by atoms with Gasteiger partial charge in [-0.05, 0) is 60.7 Å². The summed E-state index contributed by atoms with van der Waals surface area (Å²) in [5.41, 5.74) is 12.7. The molecular formula is C25H48N2O3.